The molecule has 2 N–H and O–H groups in total. The van der Waals surface area contributed by atoms with Crippen molar-refractivity contribution < 1.29 is 52.2 Å². The van der Waals surface area contributed by atoms with Gasteiger partial charge < -0.3 is 24.2 Å². The van der Waals surface area contributed by atoms with Crippen molar-refractivity contribution in [3.63, 3.8) is 0 Å². The Morgan fingerprint density at radius 2 is 0.541 bits per heavy atom. The van der Waals surface area contributed by atoms with Gasteiger partial charge >= 0.3 is 25.7 Å². The number of aliphatic hydroxyl groups is 1. The standard InChI is InChI=1S/C62H121O11P/c1-4-7-10-13-16-19-22-25-27-29-31-34-37-40-43-46-49-52-61(65)72-58(54-63)56-70-74(67,68)71-57-59(55-69-60(64)51-48-45-42-39-36-33-24-21-18-15-12-9-6-3)73-62(66)53-50-47-44-41-38-35-32-30-28-26-23-20-17-14-11-8-5-2/h58-59,63H,4-57H2,1-3H3,(H,67,68). The predicted octanol–water partition coefficient (Wildman–Crippen LogP) is 19.0. The topological polar surface area (TPSA) is 155 Å². The number of phosphoric ester groups is 1. The quantitative estimate of drug-likeness (QED) is 0.0259. The van der Waals surface area contributed by atoms with Gasteiger partial charge in [-0.25, -0.2) is 4.57 Å². The second-order valence-electron chi connectivity index (χ2n) is 22.0. The number of phosphoric acid groups is 1. The average Bonchev–Trinajstić information content (AvgIpc) is 3.39. The predicted molar refractivity (Wildman–Crippen MR) is 307 cm³/mol. The summed E-state index contributed by atoms with van der Waals surface area (Å²) in [6, 6.07) is 0. The average molecular weight is 1070 g/mol. The molecule has 0 bridgehead atoms. The van der Waals surface area contributed by atoms with E-state index in [0.717, 1.165) is 57.8 Å². The fourth-order valence-electron chi connectivity index (χ4n) is 9.66. The SMILES string of the molecule is CCCCCCCCCCCCCCCCCCCC(=O)OC(CO)COP(=O)(O)OCC(COC(=O)CCCCCCCCCCCCCCC)OC(=O)CCCCCCCCCCCCCCCCCCC. The molecule has 3 unspecified atom stereocenters. The van der Waals surface area contributed by atoms with Crippen molar-refractivity contribution in [2.24, 2.45) is 0 Å². The van der Waals surface area contributed by atoms with E-state index in [2.05, 4.69) is 20.8 Å². The third-order valence-electron chi connectivity index (χ3n) is 14.5. The highest BCUT2D eigenvalue weighted by molar-refractivity contribution is 7.47. The lowest BCUT2D eigenvalue weighted by molar-refractivity contribution is -0.161. The first-order chi connectivity index (χ1) is 36.2. The maximum Gasteiger partial charge on any atom is 0.472 e. The van der Waals surface area contributed by atoms with Crippen LogP contribution in [0.1, 0.15) is 342 Å². The van der Waals surface area contributed by atoms with E-state index < -0.39 is 57.8 Å². The summed E-state index contributed by atoms with van der Waals surface area (Å²) in [7, 11) is -4.74. The third kappa shape index (κ3) is 55.2. The summed E-state index contributed by atoms with van der Waals surface area (Å²) in [5, 5.41) is 9.84. The van der Waals surface area contributed by atoms with Crippen LogP contribution in [0, 0.1) is 0 Å². The Labute approximate surface area is 456 Å². The zero-order valence-electron chi connectivity index (χ0n) is 48.9. The van der Waals surface area contributed by atoms with Crippen LogP contribution in [-0.4, -0.2) is 66.5 Å². The number of esters is 3. The molecule has 3 atom stereocenters. The largest absolute Gasteiger partial charge is 0.472 e. The van der Waals surface area contributed by atoms with Crippen LogP contribution in [0.2, 0.25) is 0 Å². The molecule has 0 saturated heterocycles. The molecule has 11 nitrogen and oxygen atoms in total. The van der Waals surface area contributed by atoms with Gasteiger partial charge in [-0.3, -0.25) is 23.4 Å². The fraction of sp³-hybridized carbons (Fsp3) is 0.952. The van der Waals surface area contributed by atoms with Crippen LogP contribution in [0.25, 0.3) is 0 Å². The molecule has 0 aromatic heterocycles. The molecule has 0 aromatic carbocycles. The minimum Gasteiger partial charge on any atom is -0.462 e. The van der Waals surface area contributed by atoms with Gasteiger partial charge in [-0.05, 0) is 19.3 Å². The molecule has 0 aliphatic heterocycles. The molecule has 440 valence electrons. The van der Waals surface area contributed by atoms with Crippen LogP contribution in [0.15, 0.2) is 0 Å². The first kappa shape index (κ1) is 72.5. The van der Waals surface area contributed by atoms with Gasteiger partial charge in [0.15, 0.2) is 6.10 Å². The molecule has 0 amide bonds. The Hall–Kier alpha value is -1.52. The van der Waals surface area contributed by atoms with E-state index in [0.29, 0.717) is 19.3 Å². The van der Waals surface area contributed by atoms with Crippen molar-refractivity contribution in [2.75, 3.05) is 26.4 Å². The van der Waals surface area contributed by atoms with Crippen molar-refractivity contribution in [3.05, 3.63) is 0 Å². The minimum atomic E-state index is -4.74. The highest BCUT2D eigenvalue weighted by Gasteiger charge is 2.28. The molecule has 0 saturated carbocycles. The van der Waals surface area contributed by atoms with Crippen molar-refractivity contribution >= 4 is 25.7 Å². The number of unbranched alkanes of at least 4 members (excludes halogenated alkanes) is 44. The highest BCUT2D eigenvalue weighted by atomic mass is 31.2. The van der Waals surface area contributed by atoms with Crippen LogP contribution < -0.4 is 0 Å². The van der Waals surface area contributed by atoms with Gasteiger partial charge in [-0.15, -0.1) is 0 Å². The molecule has 0 spiro atoms. The van der Waals surface area contributed by atoms with Gasteiger partial charge in [-0.2, -0.15) is 0 Å². The summed E-state index contributed by atoms with van der Waals surface area (Å²) in [5.74, 6) is -1.42. The molecule has 74 heavy (non-hydrogen) atoms. The summed E-state index contributed by atoms with van der Waals surface area (Å²) >= 11 is 0. The van der Waals surface area contributed by atoms with Crippen molar-refractivity contribution in [1.29, 1.82) is 0 Å². The molecule has 0 radical (unpaired) electrons. The Morgan fingerprint density at radius 3 is 0.797 bits per heavy atom. The molecule has 0 aromatic rings. The zero-order chi connectivity index (χ0) is 54.1. The number of hydrogen-bond acceptors (Lipinski definition) is 10. The highest BCUT2D eigenvalue weighted by Crippen LogP contribution is 2.43. The van der Waals surface area contributed by atoms with Gasteiger partial charge in [0.25, 0.3) is 0 Å². The Bertz CT molecular complexity index is 1250. The summed E-state index contributed by atoms with van der Waals surface area (Å²) in [6.45, 7) is 4.74. The lowest BCUT2D eigenvalue weighted by atomic mass is 10.0. The van der Waals surface area contributed by atoms with Crippen LogP contribution >= 0.6 is 7.82 Å². The number of carbonyl (C=O) groups excluding carboxylic acids is 3. The minimum absolute atomic E-state index is 0.179. The van der Waals surface area contributed by atoms with Crippen LogP contribution in [0.5, 0.6) is 0 Å². The molecule has 0 aliphatic rings. The van der Waals surface area contributed by atoms with E-state index in [1.54, 1.807) is 0 Å². The first-order valence-corrected chi connectivity index (χ1v) is 33.4. The van der Waals surface area contributed by atoms with E-state index in [-0.39, 0.29) is 25.9 Å². The van der Waals surface area contributed by atoms with E-state index in [1.807, 2.05) is 0 Å². The second-order valence-corrected chi connectivity index (χ2v) is 23.4. The Morgan fingerprint density at radius 1 is 0.324 bits per heavy atom. The second kappa shape index (κ2) is 57.6. The van der Waals surface area contributed by atoms with Crippen molar-refractivity contribution in [1.82, 2.24) is 0 Å². The summed E-state index contributed by atoms with van der Waals surface area (Å²) in [5.41, 5.74) is 0. The normalized spacial score (nSPS) is 13.2. The monoisotopic (exact) mass is 1070 g/mol. The zero-order valence-corrected chi connectivity index (χ0v) is 49.7. The van der Waals surface area contributed by atoms with Crippen LogP contribution in [0.4, 0.5) is 0 Å². The van der Waals surface area contributed by atoms with Crippen LogP contribution in [-0.2, 0) is 42.2 Å². The van der Waals surface area contributed by atoms with Crippen LogP contribution in [0.3, 0.4) is 0 Å². The molecule has 0 rings (SSSR count). The molecular weight excluding hydrogens is 952 g/mol. The van der Waals surface area contributed by atoms with Crippen molar-refractivity contribution in [3.8, 4) is 0 Å². The maximum atomic E-state index is 12.9. The summed E-state index contributed by atoms with van der Waals surface area (Å²) in [4.78, 5) is 48.7. The van der Waals surface area contributed by atoms with Gasteiger partial charge in [0, 0.05) is 19.3 Å². The third-order valence-corrected chi connectivity index (χ3v) is 15.5. The van der Waals surface area contributed by atoms with Gasteiger partial charge in [-0.1, -0.05) is 303 Å². The number of carbonyl (C=O) groups is 3. The number of hydrogen-bond donors (Lipinski definition) is 2. The number of ether oxygens (including phenoxy) is 3. The fourth-order valence-corrected chi connectivity index (χ4v) is 10.4. The van der Waals surface area contributed by atoms with Crippen molar-refractivity contribution in [2.45, 2.75) is 354 Å². The lowest BCUT2D eigenvalue weighted by Gasteiger charge is -2.21. The molecule has 0 aliphatic carbocycles. The van der Waals surface area contributed by atoms with Gasteiger partial charge in [0.05, 0.1) is 19.8 Å². The number of aliphatic hydroxyl groups excluding tert-OH is 1. The number of rotatable bonds is 61. The van der Waals surface area contributed by atoms with E-state index in [9.17, 15) is 28.9 Å². The Balaban J connectivity index is 4.59. The molecular formula is C62H121O11P. The molecule has 12 heteroatoms. The summed E-state index contributed by atoms with van der Waals surface area (Å²) in [6.07, 6.45) is 56.2. The Kier molecular flexibility index (Phi) is 56.5. The van der Waals surface area contributed by atoms with Gasteiger partial charge in [0.1, 0.15) is 12.7 Å². The van der Waals surface area contributed by atoms with E-state index in [4.69, 9.17) is 23.3 Å². The first-order valence-electron chi connectivity index (χ1n) is 31.9. The van der Waals surface area contributed by atoms with E-state index in [1.165, 1.54) is 225 Å². The summed E-state index contributed by atoms with van der Waals surface area (Å²) < 4.78 is 39.7. The molecule has 0 fully saturated rings. The van der Waals surface area contributed by atoms with E-state index >= 15 is 0 Å². The smallest absolute Gasteiger partial charge is 0.462 e. The maximum absolute atomic E-state index is 12.9. The molecule has 0 heterocycles. The lowest BCUT2D eigenvalue weighted by Crippen LogP contribution is -2.30. The van der Waals surface area contributed by atoms with Gasteiger partial charge in [0.2, 0.25) is 0 Å².